The number of benzene rings is 1. The molecule has 2 nitrogen and oxygen atoms in total. The number of carbonyl (C=O) groups is 1. The van der Waals surface area contributed by atoms with Gasteiger partial charge in [-0.25, -0.2) is 4.39 Å². The second-order valence-corrected chi connectivity index (χ2v) is 2.93. The number of primary amides is 1. The molecule has 0 bridgehead atoms. The molecule has 0 saturated heterocycles. The maximum absolute atomic E-state index is 13.1. The van der Waals surface area contributed by atoms with Crippen LogP contribution in [0, 0.1) is 24.6 Å². The summed E-state index contributed by atoms with van der Waals surface area (Å²) in [4.78, 5) is 10.4. The molecule has 0 spiro atoms. The number of hydrogen-bond donors (Lipinski definition) is 1. The van der Waals surface area contributed by atoms with E-state index in [4.69, 9.17) is 5.73 Å². The second-order valence-electron chi connectivity index (χ2n) is 2.93. The van der Waals surface area contributed by atoms with E-state index in [1.807, 2.05) is 6.92 Å². The Bertz CT molecular complexity index is 415. The predicted octanol–water partition coefficient (Wildman–Crippen LogP) is 1.36. The van der Waals surface area contributed by atoms with Crippen molar-refractivity contribution in [2.24, 2.45) is 5.73 Å². The first-order valence-electron chi connectivity index (χ1n) is 4.13. The maximum Gasteiger partial charge on any atom is 0.229 e. The lowest BCUT2D eigenvalue weighted by Crippen LogP contribution is -2.08. The molecule has 2 N–H and O–H groups in total. The van der Waals surface area contributed by atoms with Gasteiger partial charge in [-0.05, 0) is 24.6 Å². The van der Waals surface area contributed by atoms with Crippen molar-refractivity contribution in [1.82, 2.24) is 0 Å². The topological polar surface area (TPSA) is 43.1 Å². The van der Waals surface area contributed by atoms with E-state index in [1.165, 1.54) is 6.07 Å². The molecule has 72 valence electrons. The summed E-state index contributed by atoms with van der Waals surface area (Å²) >= 11 is 0. The summed E-state index contributed by atoms with van der Waals surface area (Å²) in [7, 11) is 0. The molecule has 0 aliphatic rings. The van der Waals surface area contributed by atoms with Crippen LogP contribution in [-0.4, -0.2) is 5.91 Å². The number of rotatable bonds is 1. The molecule has 1 aromatic rings. The van der Waals surface area contributed by atoms with Crippen molar-refractivity contribution in [3.8, 4) is 11.8 Å². The van der Waals surface area contributed by atoms with Crippen LogP contribution in [0.3, 0.4) is 0 Å². The zero-order chi connectivity index (χ0) is 10.6. The molecule has 0 aliphatic heterocycles. The molecule has 1 rings (SSSR count). The summed E-state index contributed by atoms with van der Waals surface area (Å²) in [5, 5.41) is 0. The first kappa shape index (κ1) is 10.3. The van der Waals surface area contributed by atoms with Crippen LogP contribution in [0.4, 0.5) is 4.39 Å². The fourth-order valence-electron chi connectivity index (χ4n) is 0.961. The van der Waals surface area contributed by atoms with E-state index in [1.54, 1.807) is 12.1 Å². The average Bonchev–Trinajstić information content (AvgIpc) is 2.10. The molecule has 0 unspecified atom stereocenters. The smallest absolute Gasteiger partial charge is 0.229 e. The minimum absolute atomic E-state index is 0.0482. The summed E-state index contributed by atoms with van der Waals surface area (Å²) in [6, 6.07) is 4.64. The quantitative estimate of drug-likeness (QED) is 0.669. The highest BCUT2D eigenvalue weighted by atomic mass is 19.1. The second kappa shape index (κ2) is 4.43. The summed E-state index contributed by atoms with van der Waals surface area (Å²) in [6.45, 7) is 1.85. The number of nitrogens with two attached hydrogens (primary N) is 1. The van der Waals surface area contributed by atoms with Crippen LogP contribution >= 0.6 is 0 Å². The van der Waals surface area contributed by atoms with E-state index < -0.39 is 5.91 Å². The lowest BCUT2D eigenvalue weighted by molar-refractivity contribution is -0.117. The van der Waals surface area contributed by atoms with Gasteiger partial charge in [0.1, 0.15) is 5.82 Å². The highest BCUT2D eigenvalue weighted by molar-refractivity contribution is 5.76. The maximum atomic E-state index is 13.1. The third-order valence-electron chi connectivity index (χ3n) is 1.61. The SMILES string of the molecule is Cc1ccc(F)c(C#CCC(N)=O)c1. The summed E-state index contributed by atoms with van der Waals surface area (Å²) < 4.78 is 13.1. The molecule has 1 aromatic carbocycles. The van der Waals surface area contributed by atoms with Crippen molar-refractivity contribution in [1.29, 1.82) is 0 Å². The third kappa shape index (κ3) is 2.91. The van der Waals surface area contributed by atoms with Crippen LogP contribution in [0.5, 0.6) is 0 Å². The molecule has 14 heavy (non-hydrogen) atoms. The van der Waals surface area contributed by atoms with Gasteiger partial charge in [0.15, 0.2) is 0 Å². The van der Waals surface area contributed by atoms with E-state index >= 15 is 0 Å². The van der Waals surface area contributed by atoms with E-state index in [-0.39, 0.29) is 12.2 Å². The van der Waals surface area contributed by atoms with Gasteiger partial charge in [-0.2, -0.15) is 0 Å². The van der Waals surface area contributed by atoms with Gasteiger partial charge in [-0.1, -0.05) is 17.9 Å². The monoisotopic (exact) mass is 191 g/mol. The lowest BCUT2D eigenvalue weighted by atomic mass is 10.1. The number of hydrogen-bond acceptors (Lipinski definition) is 1. The molecule has 3 heteroatoms. The molecule has 0 aliphatic carbocycles. The van der Waals surface area contributed by atoms with Crippen molar-refractivity contribution in [3.63, 3.8) is 0 Å². The molecule has 0 atom stereocenters. The van der Waals surface area contributed by atoms with Crippen LogP contribution in [0.25, 0.3) is 0 Å². The molecular weight excluding hydrogens is 181 g/mol. The number of aryl methyl sites for hydroxylation is 1. The predicted molar refractivity (Wildman–Crippen MR) is 51.8 cm³/mol. The van der Waals surface area contributed by atoms with E-state index in [9.17, 15) is 9.18 Å². The fraction of sp³-hybridized carbons (Fsp3) is 0.182. The highest BCUT2D eigenvalue weighted by Gasteiger charge is 1.97. The zero-order valence-electron chi connectivity index (χ0n) is 7.80. The molecule has 1 amide bonds. The van der Waals surface area contributed by atoms with E-state index in [0.717, 1.165) is 5.56 Å². The Hall–Kier alpha value is -1.82. The normalized spacial score (nSPS) is 9.00. The molecule has 0 fully saturated rings. The van der Waals surface area contributed by atoms with Crippen LogP contribution in [0.2, 0.25) is 0 Å². The molecule has 0 aromatic heterocycles. The summed E-state index contributed by atoms with van der Waals surface area (Å²) in [5.74, 6) is 4.17. The molecule has 0 heterocycles. The number of carbonyl (C=O) groups excluding carboxylic acids is 1. The first-order valence-corrected chi connectivity index (χ1v) is 4.13. The Balaban J connectivity index is 2.88. The van der Waals surface area contributed by atoms with E-state index in [0.29, 0.717) is 5.56 Å². The van der Waals surface area contributed by atoms with Crippen molar-refractivity contribution in [2.45, 2.75) is 13.3 Å². The van der Waals surface area contributed by atoms with Crippen LogP contribution in [0.1, 0.15) is 17.5 Å². The first-order chi connectivity index (χ1) is 6.59. The third-order valence-corrected chi connectivity index (χ3v) is 1.61. The van der Waals surface area contributed by atoms with Crippen LogP contribution in [0.15, 0.2) is 18.2 Å². The standard InChI is InChI=1S/C11H10FNO/c1-8-5-6-10(12)9(7-8)3-2-4-11(13)14/h5-7H,4H2,1H3,(H2,13,14). The molecular formula is C11H10FNO. The van der Waals surface area contributed by atoms with Gasteiger partial charge in [0.05, 0.1) is 12.0 Å². The largest absolute Gasteiger partial charge is 0.369 e. The van der Waals surface area contributed by atoms with Gasteiger partial charge in [0.25, 0.3) is 0 Å². The lowest BCUT2D eigenvalue weighted by Gasteiger charge is -1.95. The van der Waals surface area contributed by atoms with E-state index in [2.05, 4.69) is 11.8 Å². The Labute approximate surface area is 81.9 Å². The van der Waals surface area contributed by atoms with Crippen molar-refractivity contribution >= 4 is 5.91 Å². The van der Waals surface area contributed by atoms with Crippen molar-refractivity contribution < 1.29 is 9.18 Å². The van der Waals surface area contributed by atoms with Gasteiger partial charge < -0.3 is 5.73 Å². The Morgan fingerprint density at radius 2 is 2.29 bits per heavy atom. The van der Waals surface area contributed by atoms with Crippen molar-refractivity contribution in [3.05, 3.63) is 35.1 Å². The average molecular weight is 191 g/mol. The Kier molecular flexibility index (Phi) is 3.24. The number of halogens is 1. The van der Waals surface area contributed by atoms with Gasteiger partial charge in [0.2, 0.25) is 5.91 Å². The summed E-state index contributed by atoms with van der Waals surface area (Å²) in [6.07, 6.45) is -0.0482. The van der Waals surface area contributed by atoms with Crippen LogP contribution < -0.4 is 5.73 Å². The minimum Gasteiger partial charge on any atom is -0.369 e. The van der Waals surface area contributed by atoms with Gasteiger partial charge in [-0.15, -0.1) is 0 Å². The fourth-order valence-corrected chi connectivity index (χ4v) is 0.961. The highest BCUT2D eigenvalue weighted by Crippen LogP contribution is 2.08. The Morgan fingerprint density at radius 3 is 2.93 bits per heavy atom. The van der Waals surface area contributed by atoms with Gasteiger partial charge in [0, 0.05) is 0 Å². The molecule has 0 saturated carbocycles. The minimum atomic E-state index is -0.509. The zero-order valence-corrected chi connectivity index (χ0v) is 7.80. The summed E-state index contributed by atoms with van der Waals surface area (Å²) in [5.41, 5.74) is 6.11. The molecule has 0 radical (unpaired) electrons. The Morgan fingerprint density at radius 1 is 1.57 bits per heavy atom. The van der Waals surface area contributed by atoms with Gasteiger partial charge in [-0.3, -0.25) is 4.79 Å². The van der Waals surface area contributed by atoms with Crippen molar-refractivity contribution in [2.75, 3.05) is 0 Å². The number of amides is 1. The van der Waals surface area contributed by atoms with Gasteiger partial charge >= 0.3 is 0 Å². The van der Waals surface area contributed by atoms with Crippen LogP contribution in [-0.2, 0) is 4.79 Å².